The van der Waals surface area contributed by atoms with Gasteiger partial charge in [0.25, 0.3) is 5.91 Å². The number of hydrogen-bond donors (Lipinski definition) is 2. The topological polar surface area (TPSA) is 103 Å². The van der Waals surface area contributed by atoms with Gasteiger partial charge in [-0.1, -0.05) is 18.9 Å². The fraction of sp³-hybridized carbons (Fsp3) is 0.550. The van der Waals surface area contributed by atoms with E-state index in [0.717, 1.165) is 18.4 Å². The molecule has 2 aliphatic rings. The molecule has 152 valence electrons. The van der Waals surface area contributed by atoms with E-state index in [4.69, 9.17) is 14.2 Å². The Balaban J connectivity index is 1.67. The molecule has 1 heterocycles. The average molecular weight is 390 g/mol. The summed E-state index contributed by atoms with van der Waals surface area (Å²) in [5.74, 6) is 0.154. The van der Waals surface area contributed by atoms with Crippen molar-refractivity contribution in [2.45, 2.75) is 51.0 Å². The minimum Gasteiger partial charge on any atom is -0.486 e. The summed E-state index contributed by atoms with van der Waals surface area (Å²) in [6.07, 6.45) is 3.07. The van der Waals surface area contributed by atoms with Crippen LogP contribution in [0.4, 0.5) is 4.79 Å². The maximum Gasteiger partial charge on any atom is 0.321 e. The molecule has 1 aromatic rings. The minimum absolute atomic E-state index is 0.104. The standard InChI is InChI=1S/C20H26N2O6/c1-13(2)21-19(25)22-17(23)12-28-18(24)20(7-3-4-8-20)14-5-6-15-16(11-14)27-10-9-26-15/h5-6,11,13H,3-4,7-10,12H2,1-2H3,(H2,21,22,23,25). The van der Waals surface area contributed by atoms with Crippen LogP contribution in [0.2, 0.25) is 0 Å². The molecule has 8 nitrogen and oxygen atoms in total. The SMILES string of the molecule is CC(C)NC(=O)NC(=O)COC(=O)C1(c2ccc3c(c2)OCCO3)CCCC1. The molecule has 2 N–H and O–H groups in total. The normalized spacial score (nSPS) is 17.1. The van der Waals surface area contributed by atoms with E-state index in [9.17, 15) is 14.4 Å². The van der Waals surface area contributed by atoms with E-state index in [1.54, 1.807) is 19.9 Å². The second-order valence-electron chi connectivity index (χ2n) is 7.40. The van der Waals surface area contributed by atoms with Gasteiger partial charge < -0.3 is 19.5 Å². The Morgan fingerprint density at radius 2 is 1.79 bits per heavy atom. The van der Waals surface area contributed by atoms with Crippen molar-refractivity contribution in [2.75, 3.05) is 19.8 Å². The third kappa shape index (κ3) is 4.37. The number of benzene rings is 1. The maximum absolute atomic E-state index is 12.9. The molecule has 0 spiro atoms. The molecular formula is C20H26N2O6. The molecule has 1 aliphatic heterocycles. The van der Waals surface area contributed by atoms with E-state index in [1.807, 2.05) is 12.1 Å². The van der Waals surface area contributed by atoms with E-state index < -0.39 is 29.9 Å². The molecule has 3 rings (SSSR count). The Labute approximate surface area is 163 Å². The van der Waals surface area contributed by atoms with Gasteiger partial charge in [-0.3, -0.25) is 14.9 Å². The highest BCUT2D eigenvalue weighted by Gasteiger charge is 2.45. The number of esters is 1. The van der Waals surface area contributed by atoms with Crippen molar-refractivity contribution < 1.29 is 28.6 Å². The maximum atomic E-state index is 12.9. The Morgan fingerprint density at radius 1 is 1.11 bits per heavy atom. The predicted molar refractivity (Wildman–Crippen MR) is 100 cm³/mol. The molecule has 0 unspecified atom stereocenters. The Kier molecular flexibility index (Phi) is 6.06. The summed E-state index contributed by atoms with van der Waals surface area (Å²) in [7, 11) is 0. The summed E-state index contributed by atoms with van der Waals surface area (Å²) in [4.78, 5) is 36.4. The first-order valence-corrected chi connectivity index (χ1v) is 9.58. The van der Waals surface area contributed by atoms with Gasteiger partial charge >= 0.3 is 12.0 Å². The number of carbonyl (C=O) groups is 3. The van der Waals surface area contributed by atoms with Crippen molar-refractivity contribution in [3.05, 3.63) is 23.8 Å². The summed E-state index contributed by atoms with van der Waals surface area (Å²) in [5, 5.41) is 4.69. The highest BCUT2D eigenvalue weighted by atomic mass is 16.6. The van der Waals surface area contributed by atoms with E-state index in [-0.39, 0.29) is 6.04 Å². The van der Waals surface area contributed by atoms with E-state index in [2.05, 4.69) is 10.6 Å². The number of nitrogens with one attached hydrogen (secondary N) is 2. The Bertz CT molecular complexity index is 755. The lowest BCUT2D eigenvalue weighted by molar-refractivity contribution is -0.154. The summed E-state index contributed by atoms with van der Waals surface area (Å²) >= 11 is 0. The molecule has 1 fully saturated rings. The molecule has 28 heavy (non-hydrogen) atoms. The van der Waals surface area contributed by atoms with Crippen molar-refractivity contribution in [1.29, 1.82) is 0 Å². The minimum atomic E-state index is -0.809. The van der Waals surface area contributed by atoms with E-state index in [1.165, 1.54) is 0 Å². The van der Waals surface area contributed by atoms with E-state index >= 15 is 0 Å². The second-order valence-corrected chi connectivity index (χ2v) is 7.40. The predicted octanol–water partition coefficient (Wildman–Crippen LogP) is 2.05. The van der Waals surface area contributed by atoms with Gasteiger partial charge in [0.2, 0.25) is 0 Å². The van der Waals surface area contributed by atoms with Crippen LogP contribution in [0.15, 0.2) is 18.2 Å². The van der Waals surface area contributed by atoms with Gasteiger partial charge in [0.05, 0.1) is 5.41 Å². The number of urea groups is 1. The monoisotopic (exact) mass is 390 g/mol. The van der Waals surface area contributed by atoms with Crippen molar-refractivity contribution in [2.24, 2.45) is 0 Å². The number of imide groups is 1. The number of fused-ring (bicyclic) bond motifs is 1. The van der Waals surface area contributed by atoms with Crippen LogP contribution in [0.25, 0.3) is 0 Å². The lowest BCUT2D eigenvalue weighted by Crippen LogP contribution is -2.45. The summed E-state index contributed by atoms with van der Waals surface area (Å²) < 4.78 is 16.5. The van der Waals surface area contributed by atoms with Crippen LogP contribution in [0, 0.1) is 0 Å². The molecule has 0 saturated heterocycles. The first-order chi connectivity index (χ1) is 13.4. The zero-order chi connectivity index (χ0) is 20.1. The van der Waals surface area contributed by atoms with E-state index in [0.29, 0.717) is 37.6 Å². The lowest BCUT2D eigenvalue weighted by atomic mass is 9.78. The highest BCUT2D eigenvalue weighted by molar-refractivity contribution is 5.96. The van der Waals surface area contributed by atoms with Gasteiger partial charge in [-0.25, -0.2) is 4.79 Å². The zero-order valence-electron chi connectivity index (χ0n) is 16.2. The Morgan fingerprint density at radius 3 is 2.46 bits per heavy atom. The third-order valence-electron chi connectivity index (χ3n) is 4.95. The molecule has 8 heteroatoms. The molecule has 1 aromatic carbocycles. The molecule has 0 radical (unpaired) electrons. The van der Waals surface area contributed by atoms with Crippen LogP contribution >= 0.6 is 0 Å². The number of carbonyl (C=O) groups excluding carboxylic acids is 3. The fourth-order valence-corrected chi connectivity index (χ4v) is 3.66. The van der Waals surface area contributed by atoms with Gasteiger partial charge in [0.15, 0.2) is 18.1 Å². The fourth-order valence-electron chi connectivity index (χ4n) is 3.66. The number of amides is 3. The van der Waals surface area contributed by atoms with Gasteiger partial charge in [0.1, 0.15) is 13.2 Å². The van der Waals surface area contributed by atoms with Gasteiger partial charge in [-0.2, -0.15) is 0 Å². The number of ether oxygens (including phenoxy) is 3. The second kappa shape index (κ2) is 8.50. The first kappa shape index (κ1) is 20.0. The van der Waals surface area contributed by atoms with Crippen molar-refractivity contribution >= 4 is 17.9 Å². The van der Waals surface area contributed by atoms with Crippen LogP contribution in [0.1, 0.15) is 45.1 Å². The van der Waals surface area contributed by atoms with Crippen LogP contribution < -0.4 is 20.1 Å². The summed E-state index contributed by atoms with van der Waals surface area (Å²) in [5.41, 5.74) is -0.00625. The quantitative estimate of drug-likeness (QED) is 0.746. The summed E-state index contributed by atoms with van der Waals surface area (Å²) in [6.45, 7) is 4.02. The molecule has 0 aromatic heterocycles. The first-order valence-electron chi connectivity index (χ1n) is 9.58. The van der Waals surface area contributed by atoms with Crippen molar-refractivity contribution in [3.63, 3.8) is 0 Å². The highest BCUT2D eigenvalue weighted by Crippen LogP contribution is 2.45. The zero-order valence-corrected chi connectivity index (χ0v) is 16.2. The molecule has 3 amide bonds. The molecule has 0 bridgehead atoms. The number of rotatable bonds is 5. The van der Waals surface area contributed by atoms with Crippen LogP contribution in [0.5, 0.6) is 11.5 Å². The van der Waals surface area contributed by atoms with Crippen molar-refractivity contribution in [3.8, 4) is 11.5 Å². The summed E-state index contributed by atoms with van der Waals surface area (Å²) in [6, 6.07) is 4.78. The lowest BCUT2D eigenvalue weighted by Gasteiger charge is -2.28. The van der Waals surface area contributed by atoms with Crippen molar-refractivity contribution in [1.82, 2.24) is 10.6 Å². The molecule has 1 aliphatic carbocycles. The average Bonchev–Trinajstić information content (AvgIpc) is 3.16. The van der Waals surface area contributed by atoms with Gasteiger partial charge in [-0.05, 0) is 44.4 Å². The van der Waals surface area contributed by atoms with Crippen LogP contribution in [0.3, 0.4) is 0 Å². The van der Waals surface area contributed by atoms with Gasteiger partial charge in [-0.15, -0.1) is 0 Å². The number of hydrogen-bond acceptors (Lipinski definition) is 6. The largest absolute Gasteiger partial charge is 0.486 e. The molecule has 0 atom stereocenters. The molecule has 1 saturated carbocycles. The smallest absolute Gasteiger partial charge is 0.321 e. The van der Waals surface area contributed by atoms with Crippen LogP contribution in [-0.2, 0) is 19.7 Å². The molecular weight excluding hydrogens is 364 g/mol. The van der Waals surface area contributed by atoms with Gasteiger partial charge in [0, 0.05) is 6.04 Å². The van der Waals surface area contributed by atoms with Crippen LogP contribution in [-0.4, -0.2) is 43.8 Å². The third-order valence-corrected chi connectivity index (χ3v) is 4.95. The Hall–Kier alpha value is -2.77.